The number of hydrogen-bond donors (Lipinski definition) is 0. The van der Waals surface area contributed by atoms with Gasteiger partial charge in [0, 0.05) is 10.8 Å². The fourth-order valence-electron chi connectivity index (χ4n) is 2.03. The van der Waals surface area contributed by atoms with Crippen molar-refractivity contribution in [3.8, 4) is 0 Å². The van der Waals surface area contributed by atoms with Crippen LogP contribution in [0, 0.1) is 9.06 Å². The van der Waals surface area contributed by atoms with Crippen molar-refractivity contribution in [2.24, 2.45) is 0 Å². The van der Waals surface area contributed by atoms with Gasteiger partial charge >= 0.3 is 0 Å². The predicted molar refractivity (Wildman–Crippen MR) is 91.1 cm³/mol. The van der Waals surface area contributed by atoms with Crippen LogP contribution < -0.4 is 10.9 Å². The maximum absolute atomic E-state index is 12.6. The lowest BCUT2D eigenvalue weighted by molar-refractivity contribution is 1.47. The molecule has 0 N–H and O–H groups in total. The van der Waals surface area contributed by atoms with E-state index < -0.39 is 0 Å². The Labute approximate surface area is 131 Å². The van der Waals surface area contributed by atoms with Gasteiger partial charge < -0.3 is 0 Å². The van der Waals surface area contributed by atoms with Gasteiger partial charge in [0.25, 0.3) is 0 Å². The quantitative estimate of drug-likeness (QED) is 0.665. The molecule has 2 aliphatic rings. The first-order valence-electron chi connectivity index (χ1n) is 5.78. The van der Waals surface area contributed by atoms with Crippen LogP contribution in [0.2, 0.25) is 0 Å². The molecule has 3 rings (SSSR count). The Morgan fingerprint density at radius 3 is 1.55 bits per heavy atom. The minimum Gasteiger partial charge on any atom is -0.288 e. The third-order valence-electron chi connectivity index (χ3n) is 2.96. The molecule has 0 spiro atoms. The molecule has 20 heavy (non-hydrogen) atoms. The lowest BCUT2D eigenvalue weighted by atomic mass is 10.1. The van der Waals surface area contributed by atoms with Crippen LogP contribution in [-0.2, 0) is 0 Å². The summed E-state index contributed by atoms with van der Waals surface area (Å²) in [5.74, 6) is 0. The van der Waals surface area contributed by atoms with E-state index in [9.17, 15) is 9.59 Å². The Balaban J connectivity index is 2.66. The Bertz CT molecular complexity index is 892. The normalized spacial score (nSPS) is 11.3. The average molecular weight is 339 g/mol. The molecule has 6 heteroatoms. The second kappa shape index (κ2) is 5.52. The van der Waals surface area contributed by atoms with Crippen molar-refractivity contribution in [2.45, 2.75) is 8.42 Å². The Morgan fingerprint density at radius 2 is 1.20 bits per heavy atom. The number of benzene rings is 1. The zero-order valence-electron chi connectivity index (χ0n) is 10.8. The highest BCUT2D eigenvalue weighted by Gasteiger charge is 2.12. The van der Waals surface area contributed by atoms with Crippen molar-refractivity contribution in [3.63, 3.8) is 0 Å². The van der Waals surface area contributed by atoms with E-state index in [0.717, 1.165) is 8.42 Å². The van der Waals surface area contributed by atoms with E-state index in [4.69, 9.17) is 0 Å². The molecule has 0 radical (unpaired) electrons. The van der Waals surface area contributed by atoms with Gasteiger partial charge in [-0.25, -0.2) is 0 Å². The third kappa shape index (κ3) is 2.11. The SMILES string of the molecule is CSc1sc2c(=O)c3ccccc3c(=O)c=2sc1SC. The van der Waals surface area contributed by atoms with Crippen molar-refractivity contribution in [1.29, 1.82) is 0 Å². The number of hydrogen-bond acceptors (Lipinski definition) is 6. The van der Waals surface area contributed by atoms with E-state index in [0.29, 0.717) is 19.8 Å². The van der Waals surface area contributed by atoms with Crippen molar-refractivity contribution < 1.29 is 0 Å². The average Bonchev–Trinajstić information content (AvgIpc) is 2.51. The molecule has 102 valence electrons. The summed E-state index contributed by atoms with van der Waals surface area (Å²) in [6.45, 7) is 0. The largest absolute Gasteiger partial charge is 0.288 e. The monoisotopic (exact) mass is 338 g/mol. The Morgan fingerprint density at radius 1 is 0.800 bits per heavy atom. The Kier molecular flexibility index (Phi) is 3.90. The third-order valence-corrected chi connectivity index (χ3v) is 8.22. The van der Waals surface area contributed by atoms with Gasteiger partial charge in [-0.1, -0.05) is 24.3 Å². The summed E-state index contributed by atoms with van der Waals surface area (Å²) in [5, 5.41) is 1.05. The molecule has 1 aromatic rings. The molecule has 0 bridgehead atoms. The summed E-state index contributed by atoms with van der Waals surface area (Å²) in [4.78, 5) is 25.1. The highest BCUT2D eigenvalue weighted by atomic mass is 32.2. The van der Waals surface area contributed by atoms with E-state index >= 15 is 0 Å². The number of thioether (sulfide) groups is 2. The predicted octanol–water partition coefficient (Wildman–Crippen LogP) is 3.85. The van der Waals surface area contributed by atoms with E-state index in [1.807, 2.05) is 12.5 Å². The van der Waals surface area contributed by atoms with Crippen molar-refractivity contribution >= 4 is 57.0 Å². The molecule has 0 fully saturated rings. The number of fused-ring (bicyclic) bond motifs is 1. The molecule has 0 saturated heterocycles. The molecule has 0 unspecified atom stereocenters. The standard InChI is InChI=1S/C14H10O2S4/c1-17-13-14(18-2)20-12-10(16)8-6-4-3-5-7(8)9(15)11(12)19-13/h3-6H,1-2H3. The molecule has 1 heterocycles. The lowest BCUT2D eigenvalue weighted by Gasteiger charge is -2.04. The van der Waals surface area contributed by atoms with Gasteiger partial charge in [0.05, 0.1) is 17.5 Å². The van der Waals surface area contributed by atoms with Gasteiger partial charge in [-0.05, 0) is 12.5 Å². The van der Waals surface area contributed by atoms with E-state index in [1.165, 1.54) is 22.7 Å². The van der Waals surface area contributed by atoms with Gasteiger partial charge in [0.15, 0.2) is 0 Å². The summed E-state index contributed by atoms with van der Waals surface area (Å²) in [6, 6.07) is 7.07. The lowest BCUT2D eigenvalue weighted by Crippen LogP contribution is -2.13. The minimum atomic E-state index is -0.0283. The van der Waals surface area contributed by atoms with Gasteiger partial charge in [-0.3, -0.25) is 9.59 Å². The van der Waals surface area contributed by atoms with Gasteiger partial charge in [-0.15, -0.1) is 46.2 Å². The molecule has 0 amide bonds. The fraction of sp³-hybridized carbons (Fsp3) is 0.143. The van der Waals surface area contributed by atoms with E-state index in [2.05, 4.69) is 0 Å². The second-order valence-corrected chi connectivity index (χ2v) is 8.24. The summed E-state index contributed by atoms with van der Waals surface area (Å²) < 4.78 is 3.37. The van der Waals surface area contributed by atoms with Crippen LogP contribution in [0.25, 0.3) is 10.8 Å². The maximum atomic E-state index is 12.6. The second-order valence-electron chi connectivity index (χ2n) is 4.05. The summed E-state index contributed by atoms with van der Waals surface area (Å²) in [6.07, 6.45) is 3.99. The van der Waals surface area contributed by atoms with E-state index in [-0.39, 0.29) is 10.9 Å². The van der Waals surface area contributed by atoms with Crippen LogP contribution in [0.5, 0.6) is 0 Å². The molecular formula is C14H10O2S4. The van der Waals surface area contributed by atoms with Gasteiger partial charge in [-0.2, -0.15) is 0 Å². The highest BCUT2D eigenvalue weighted by molar-refractivity contribution is 8.04. The van der Waals surface area contributed by atoms with Crippen LogP contribution in [0.15, 0.2) is 42.3 Å². The summed E-state index contributed by atoms with van der Waals surface area (Å²) in [5.41, 5.74) is -0.0567. The van der Waals surface area contributed by atoms with Crippen molar-refractivity contribution in [1.82, 2.24) is 0 Å². The van der Waals surface area contributed by atoms with Crippen LogP contribution in [0.3, 0.4) is 0 Å². The maximum Gasteiger partial charge on any atom is 0.205 e. The topological polar surface area (TPSA) is 34.1 Å². The van der Waals surface area contributed by atoms with Crippen LogP contribution in [-0.4, -0.2) is 12.5 Å². The molecular weight excluding hydrogens is 328 g/mol. The van der Waals surface area contributed by atoms with Gasteiger partial charge in [0.1, 0.15) is 0 Å². The van der Waals surface area contributed by atoms with E-state index in [1.54, 1.807) is 47.8 Å². The zero-order chi connectivity index (χ0) is 14.3. The first kappa shape index (κ1) is 14.1. The smallest absolute Gasteiger partial charge is 0.205 e. The zero-order valence-corrected chi connectivity index (χ0v) is 14.0. The van der Waals surface area contributed by atoms with Crippen LogP contribution in [0.1, 0.15) is 0 Å². The fourth-order valence-corrected chi connectivity index (χ4v) is 6.60. The van der Waals surface area contributed by atoms with Gasteiger partial charge in [0.2, 0.25) is 10.9 Å². The van der Waals surface area contributed by atoms with Crippen LogP contribution >= 0.6 is 46.2 Å². The molecule has 1 aliphatic carbocycles. The molecule has 0 saturated carbocycles. The Hall–Kier alpha value is -0.820. The first-order valence-corrected chi connectivity index (χ1v) is 9.86. The van der Waals surface area contributed by atoms with Crippen LogP contribution in [0.4, 0.5) is 0 Å². The molecule has 2 nitrogen and oxygen atoms in total. The van der Waals surface area contributed by atoms with Crippen molar-refractivity contribution in [2.75, 3.05) is 12.5 Å². The van der Waals surface area contributed by atoms with Crippen molar-refractivity contribution in [3.05, 3.63) is 53.8 Å². The summed E-state index contributed by atoms with van der Waals surface area (Å²) >= 11 is 6.11. The first-order chi connectivity index (χ1) is 9.67. The highest BCUT2D eigenvalue weighted by Crippen LogP contribution is 2.35. The minimum absolute atomic E-state index is 0.0283. The summed E-state index contributed by atoms with van der Waals surface area (Å²) in [7, 11) is 0. The number of rotatable bonds is 2. The molecule has 0 atom stereocenters. The molecule has 1 aliphatic heterocycles. The molecule has 1 aromatic carbocycles. The molecule has 0 aromatic heterocycles.